The standard InChI is InChI=1S/C32H27I2N3O6S/c1-4-42-26(38)17-43-29-20(13-21(33)16-24(29)34)15-25-31(40)37-28(19-9-8-12-23(14-19)41-3)27(18(2)35-32(37)44-25)30(39)36-22-10-6-5-7-11-22/h5-16,28H,4,17H2,1-3H3,(H,36,39)/b25-15-/t28-/m0/s1. The number of thiazole rings is 1. The van der Waals surface area contributed by atoms with E-state index in [4.69, 9.17) is 19.2 Å². The summed E-state index contributed by atoms with van der Waals surface area (Å²) in [5.74, 6) is 0.218. The van der Waals surface area contributed by atoms with Gasteiger partial charge in [0.15, 0.2) is 11.4 Å². The van der Waals surface area contributed by atoms with Gasteiger partial charge in [-0.3, -0.25) is 14.2 Å². The third kappa shape index (κ3) is 6.91. The number of esters is 1. The Morgan fingerprint density at radius 2 is 1.86 bits per heavy atom. The summed E-state index contributed by atoms with van der Waals surface area (Å²) in [4.78, 5) is 45.2. The molecule has 5 rings (SSSR count). The quantitative estimate of drug-likeness (QED) is 0.187. The van der Waals surface area contributed by atoms with Gasteiger partial charge in [-0.05, 0) is 107 Å². The summed E-state index contributed by atoms with van der Waals surface area (Å²) >= 11 is 5.56. The van der Waals surface area contributed by atoms with Crippen molar-refractivity contribution in [3.05, 3.63) is 116 Å². The van der Waals surface area contributed by atoms with Crippen molar-refractivity contribution in [1.29, 1.82) is 0 Å². The number of anilines is 1. The van der Waals surface area contributed by atoms with Gasteiger partial charge < -0.3 is 19.5 Å². The third-order valence-corrected chi connectivity index (χ3v) is 9.08. The number of aromatic nitrogens is 1. The van der Waals surface area contributed by atoms with Gasteiger partial charge in [-0.1, -0.05) is 41.7 Å². The van der Waals surface area contributed by atoms with Crippen LogP contribution in [0.2, 0.25) is 0 Å². The second kappa shape index (κ2) is 14.1. The van der Waals surface area contributed by atoms with Gasteiger partial charge in [0.1, 0.15) is 11.5 Å². The number of para-hydroxylation sites is 1. The Labute approximate surface area is 284 Å². The Morgan fingerprint density at radius 1 is 1.09 bits per heavy atom. The number of hydrogen-bond acceptors (Lipinski definition) is 8. The average molecular weight is 835 g/mol. The van der Waals surface area contributed by atoms with Crippen molar-refractivity contribution in [2.75, 3.05) is 25.6 Å². The van der Waals surface area contributed by atoms with Crippen molar-refractivity contribution in [3.8, 4) is 11.5 Å². The van der Waals surface area contributed by atoms with Crippen molar-refractivity contribution in [3.63, 3.8) is 0 Å². The predicted octanol–water partition coefficient (Wildman–Crippen LogP) is 5.03. The number of fused-ring (bicyclic) bond motifs is 1. The Balaban J connectivity index is 1.66. The number of ether oxygens (including phenoxy) is 3. The van der Waals surface area contributed by atoms with Crippen molar-refractivity contribution < 1.29 is 23.8 Å². The van der Waals surface area contributed by atoms with Crippen molar-refractivity contribution in [2.45, 2.75) is 19.9 Å². The molecule has 226 valence electrons. The molecule has 2 heterocycles. The molecule has 1 N–H and O–H groups in total. The third-order valence-electron chi connectivity index (χ3n) is 6.67. The SMILES string of the molecule is CCOC(=O)COc1c(I)cc(I)cc1/C=c1\sc2n(c1=O)[C@@H](c1cccc(OC)c1)C(C(=O)Nc1ccccc1)=C(C)N=2. The van der Waals surface area contributed by atoms with Gasteiger partial charge in [0.2, 0.25) is 0 Å². The van der Waals surface area contributed by atoms with Crippen molar-refractivity contribution in [2.24, 2.45) is 4.99 Å². The Hall–Kier alpha value is -3.50. The number of rotatable bonds is 9. The summed E-state index contributed by atoms with van der Waals surface area (Å²) in [5, 5.41) is 2.96. The summed E-state index contributed by atoms with van der Waals surface area (Å²) in [6, 6.07) is 19.5. The lowest BCUT2D eigenvalue weighted by molar-refractivity contribution is -0.145. The van der Waals surface area contributed by atoms with E-state index >= 15 is 0 Å². The molecule has 44 heavy (non-hydrogen) atoms. The highest BCUT2D eigenvalue weighted by Gasteiger charge is 2.33. The van der Waals surface area contributed by atoms with Gasteiger partial charge >= 0.3 is 5.97 Å². The van der Waals surface area contributed by atoms with Gasteiger partial charge in [-0.15, -0.1) is 0 Å². The highest BCUT2D eigenvalue weighted by atomic mass is 127. The molecule has 1 aliphatic rings. The summed E-state index contributed by atoms with van der Waals surface area (Å²) in [7, 11) is 1.57. The van der Waals surface area contributed by atoms with Crippen molar-refractivity contribution >= 4 is 80.2 Å². The maximum atomic E-state index is 14.2. The molecule has 0 fully saturated rings. The molecule has 0 radical (unpaired) electrons. The van der Waals surface area contributed by atoms with E-state index in [9.17, 15) is 14.4 Å². The summed E-state index contributed by atoms with van der Waals surface area (Å²) in [5.41, 5.74) is 2.50. The van der Waals surface area contributed by atoms with E-state index < -0.39 is 12.0 Å². The number of allylic oxidation sites excluding steroid dienone is 1. The first-order valence-electron chi connectivity index (χ1n) is 13.5. The normalized spacial score (nSPS) is 14.5. The second-order valence-electron chi connectivity index (χ2n) is 9.58. The minimum Gasteiger partial charge on any atom is -0.497 e. The fourth-order valence-electron chi connectivity index (χ4n) is 4.77. The molecule has 12 heteroatoms. The lowest BCUT2D eigenvalue weighted by atomic mass is 9.95. The van der Waals surface area contributed by atoms with Gasteiger partial charge in [0.25, 0.3) is 11.5 Å². The number of hydrogen-bond donors (Lipinski definition) is 1. The molecular formula is C32H27I2N3O6S. The first-order chi connectivity index (χ1) is 21.2. The van der Waals surface area contributed by atoms with Crippen LogP contribution in [-0.4, -0.2) is 36.8 Å². The minimum atomic E-state index is -0.761. The molecule has 1 aromatic heterocycles. The molecule has 4 aromatic rings. The van der Waals surface area contributed by atoms with E-state index in [2.05, 4.69) is 50.5 Å². The average Bonchev–Trinajstić information content (AvgIpc) is 3.30. The molecule has 1 aliphatic heterocycles. The van der Waals surface area contributed by atoms with E-state index in [0.717, 1.165) is 7.14 Å². The zero-order chi connectivity index (χ0) is 31.4. The monoisotopic (exact) mass is 835 g/mol. The minimum absolute atomic E-state index is 0.249. The number of halogens is 2. The zero-order valence-electron chi connectivity index (χ0n) is 23.9. The smallest absolute Gasteiger partial charge is 0.344 e. The molecule has 0 bridgehead atoms. The first kappa shape index (κ1) is 31.9. The predicted molar refractivity (Wildman–Crippen MR) is 186 cm³/mol. The van der Waals surface area contributed by atoms with Crippen molar-refractivity contribution in [1.82, 2.24) is 4.57 Å². The van der Waals surface area contributed by atoms with E-state index in [1.54, 1.807) is 43.7 Å². The number of carbonyl (C=O) groups is 2. The maximum Gasteiger partial charge on any atom is 0.344 e. The van der Waals surface area contributed by atoms with Crippen LogP contribution in [0, 0.1) is 7.14 Å². The number of benzene rings is 3. The van der Waals surface area contributed by atoms with Gasteiger partial charge in [-0.2, -0.15) is 0 Å². The molecule has 9 nitrogen and oxygen atoms in total. The van der Waals surface area contributed by atoms with E-state index in [1.165, 1.54) is 11.3 Å². The van der Waals surface area contributed by atoms with Crippen LogP contribution in [0.3, 0.4) is 0 Å². The first-order valence-corrected chi connectivity index (χ1v) is 16.5. The fraction of sp³-hybridized carbons (Fsp3) is 0.188. The van der Waals surface area contributed by atoms with Crippen LogP contribution in [0.25, 0.3) is 6.08 Å². The number of carbonyl (C=O) groups excluding carboxylic acids is 2. The molecule has 0 saturated carbocycles. The number of amides is 1. The molecular weight excluding hydrogens is 808 g/mol. The number of nitrogens with zero attached hydrogens (tertiary/aromatic N) is 2. The van der Waals surface area contributed by atoms with Crippen LogP contribution in [0.15, 0.2) is 87.8 Å². The summed E-state index contributed by atoms with van der Waals surface area (Å²) in [6.07, 6.45) is 1.74. The highest BCUT2D eigenvalue weighted by molar-refractivity contribution is 14.1. The van der Waals surface area contributed by atoms with Crippen LogP contribution in [-0.2, 0) is 14.3 Å². The van der Waals surface area contributed by atoms with Crippen LogP contribution in [0.4, 0.5) is 5.69 Å². The second-order valence-corrected chi connectivity index (χ2v) is 13.0. The largest absolute Gasteiger partial charge is 0.497 e. The molecule has 0 spiro atoms. The molecule has 1 atom stereocenters. The van der Waals surface area contributed by atoms with Crippen LogP contribution in [0.5, 0.6) is 11.5 Å². The number of nitrogens with one attached hydrogen (secondary N) is 1. The van der Waals surface area contributed by atoms with E-state index in [-0.39, 0.29) is 24.7 Å². The molecule has 1 amide bonds. The molecule has 3 aromatic carbocycles. The highest BCUT2D eigenvalue weighted by Crippen LogP contribution is 2.33. The molecule has 0 saturated heterocycles. The number of methoxy groups -OCH3 is 1. The Kier molecular flexibility index (Phi) is 10.2. The lowest BCUT2D eigenvalue weighted by Crippen LogP contribution is -2.40. The lowest BCUT2D eigenvalue weighted by Gasteiger charge is -2.25. The van der Waals surface area contributed by atoms with Gasteiger partial charge in [0, 0.05) is 14.8 Å². The van der Waals surface area contributed by atoms with E-state index in [1.807, 2.05) is 54.6 Å². The molecule has 0 unspecified atom stereocenters. The van der Waals surface area contributed by atoms with Gasteiger partial charge in [-0.25, -0.2) is 9.79 Å². The van der Waals surface area contributed by atoms with Crippen LogP contribution >= 0.6 is 56.5 Å². The fourth-order valence-corrected chi connectivity index (χ4v) is 7.86. The van der Waals surface area contributed by atoms with Gasteiger partial charge in [0.05, 0.1) is 39.1 Å². The van der Waals surface area contributed by atoms with E-state index in [0.29, 0.717) is 48.9 Å². The van der Waals surface area contributed by atoms with Crippen LogP contribution in [0.1, 0.15) is 31.0 Å². The maximum absolute atomic E-state index is 14.2. The topological polar surface area (TPSA) is 108 Å². The molecule has 0 aliphatic carbocycles. The van der Waals surface area contributed by atoms with Crippen LogP contribution < -0.4 is 29.7 Å². The Bertz CT molecular complexity index is 1950. The Morgan fingerprint density at radius 3 is 2.59 bits per heavy atom. The summed E-state index contributed by atoms with van der Waals surface area (Å²) in [6.45, 7) is 3.49. The summed E-state index contributed by atoms with van der Waals surface area (Å²) < 4.78 is 20.0. The zero-order valence-corrected chi connectivity index (χ0v) is 29.1.